The van der Waals surface area contributed by atoms with Crippen molar-refractivity contribution in [3.8, 4) is 11.8 Å². The lowest BCUT2D eigenvalue weighted by Crippen LogP contribution is -2.46. The summed E-state index contributed by atoms with van der Waals surface area (Å²) in [5.41, 5.74) is -0.676. The molecular formula is C21H29F3N4O. The monoisotopic (exact) mass is 410 g/mol. The summed E-state index contributed by atoms with van der Waals surface area (Å²) in [6, 6.07) is 2.41. The average Bonchev–Trinajstić information content (AvgIpc) is 2.74. The van der Waals surface area contributed by atoms with Gasteiger partial charge in [-0.2, -0.15) is 13.2 Å². The molecule has 2 fully saturated rings. The van der Waals surface area contributed by atoms with E-state index >= 15 is 0 Å². The molecule has 2 saturated heterocycles. The molecule has 0 aromatic carbocycles. The maximum Gasteiger partial charge on any atom is 0.419 e. The first-order chi connectivity index (χ1) is 14.0. The Morgan fingerprint density at radius 2 is 1.76 bits per heavy atom. The Bertz CT molecular complexity index is 700. The fraction of sp³-hybridized carbons (Fsp3) is 0.667. The van der Waals surface area contributed by atoms with Crippen LogP contribution in [0.15, 0.2) is 18.3 Å². The summed E-state index contributed by atoms with van der Waals surface area (Å²) in [7, 11) is 0. The maximum atomic E-state index is 13.2. The Labute approximate surface area is 170 Å². The zero-order valence-electron chi connectivity index (χ0n) is 16.9. The van der Waals surface area contributed by atoms with Crippen molar-refractivity contribution < 1.29 is 17.9 Å². The summed E-state index contributed by atoms with van der Waals surface area (Å²) < 4.78 is 45.4. The Morgan fingerprint density at radius 1 is 1.07 bits per heavy atom. The molecule has 0 N–H and O–H groups in total. The van der Waals surface area contributed by atoms with Crippen LogP contribution in [0, 0.1) is 11.8 Å². The minimum absolute atomic E-state index is 0.0152. The van der Waals surface area contributed by atoms with Crippen LogP contribution >= 0.6 is 0 Å². The van der Waals surface area contributed by atoms with Crippen LogP contribution in [0.3, 0.4) is 0 Å². The van der Waals surface area contributed by atoms with Gasteiger partial charge in [0, 0.05) is 45.5 Å². The van der Waals surface area contributed by atoms with Gasteiger partial charge >= 0.3 is 6.18 Å². The lowest BCUT2D eigenvalue weighted by molar-refractivity contribution is -0.137. The highest BCUT2D eigenvalue weighted by atomic mass is 19.4. The lowest BCUT2D eigenvalue weighted by Gasteiger charge is -2.33. The number of alkyl halides is 3. The number of anilines is 1. The lowest BCUT2D eigenvalue weighted by atomic mass is 10.1. The van der Waals surface area contributed by atoms with Gasteiger partial charge in [0.25, 0.3) is 0 Å². The van der Waals surface area contributed by atoms with Crippen LogP contribution in [0.25, 0.3) is 0 Å². The third-order valence-electron chi connectivity index (χ3n) is 5.56. The van der Waals surface area contributed by atoms with Gasteiger partial charge in [0.15, 0.2) is 0 Å². The quantitative estimate of drug-likeness (QED) is 0.697. The van der Waals surface area contributed by atoms with Gasteiger partial charge in [-0.15, -0.1) is 0 Å². The van der Waals surface area contributed by atoms with E-state index in [0.29, 0.717) is 32.5 Å². The number of piperidine rings is 1. The number of nitrogens with zero attached hydrogens (tertiary/aromatic N) is 4. The Kier molecular flexibility index (Phi) is 7.76. The molecule has 1 aromatic rings. The normalized spacial score (nSPS) is 19.8. The second-order valence-corrected chi connectivity index (χ2v) is 7.43. The molecule has 2 aliphatic heterocycles. The van der Waals surface area contributed by atoms with Gasteiger partial charge in [-0.25, -0.2) is 4.98 Å². The Morgan fingerprint density at radius 3 is 2.41 bits per heavy atom. The molecule has 0 spiro atoms. The number of likely N-dealkylation sites (N-methyl/N-ethyl adjacent to an activating group) is 1. The number of rotatable bonds is 5. The van der Waals surface area contributed by atoms with Crippen molar-refractivity contribution in [2.24, 2.45) is 0 Å². The van der Waals surface area contributed by atoms with Crippen molar-refractivity contribution in [2.75, 3.05) is 63.9 Å². The van der Waals surface area contributed by atoms with Gasteiger partial charge in [-0.1, -0.05) is 18.8 Å². The molecule has 0 saturated carbocycles. The molecule has 0 atom stereocenters. The molecule has 0 bridgehead atoms. The predicted molar refractivity (Wildman–Crippen MR) is 107 cm³/mol. The van der Waals surface area contributed by atoms with E-state index in [9.17, 15) is 13.2 Å². The number of hydrogen-bond acceptors (Lipinski definition) is 5. The standard InChI is InChI=1S/C21H29F3N4O/c1-2-26-13-15-27(16-14-26)10-3-4-17-29-18-7-11-28(12-8-18)20-19(21(22,23)24)6-5-9-25-20/h5-6,9,18H,2,7-8,10-17H2,1H3. The second kappa shape index (κ2) is 10.3. The molecule has 2 aliphatic rings. The molecule has 0 aliphatic carbocycles. The van der Waals surface area contributed by atoms with Crippen molar-refractivity contribution in [2.45, 2.75) is 32.0 Å². The number of aromatic nitrogens is 1. The molecule has 1 aromatic heterocycles. The van der Waals surface area contributed by atoms with Crippen LogP contribution in [0.1, 0.15) is 25.3 Å². The van der Waals surface area contributed by atoms with E-state index in [2.05, 4.69) is 33.5 Å². The Balaban J connectivity index is 1.38. The molecule has 29 heavy (non-hydrogen) atoms. The number of halogens is 3. The zero-order chi connectivity index (χ0) is 20.7. The highest BCUT2D eigenvalue weighted by molar-refractivity contribution is 5.48. The number of hydrogen-bond donors (Lipinski definition) is 0. The Hall–Kier alpha value is -1.82. The van der Waals surface area contributed by atoms with E-state index in [0.717, 1.165) is 45.3 Å². The molecule has 8 heteroatoms. The van der Waals surface area contributed by atoms with Crippen molar-refractivity contribution >= 4 is 5.82 Å². The maximum absolute atomic E-state index is 13.2. The third-order valence-corrected chi connectivity index (χ3v) is 5.56. The second-order valence-electron chi connectivity index (χ2n) is 7.43. The van der Waals surface area contributed by atoms with Gasteiger partial charge in [0.1, 0.15) is 12.4 Å². The SMILES string of the molecule is CCN1CCN(CC#CCOC2CCN(c3ncccc3C(F)(F)F)CC2)CC1. The fourth-order valence-corrected chi connectivity index (χ4v) is 3.75. The summed E-state index contributed by atoms with van der Waals surface area (Å²) in [6.45, 7) is 9.71. The fourth-order valence-electron chi connectivity index (χ4n) is 3.75. The van der Waals surface area contributed by atoms with Crippen LogP contribution in [-0.4, -0.2) is 79.9 Å². The minimum atomic E-state index is -4.39. The van der Waals surface area contributed by atoms with Gasteiger partial charge in [0.05, 0.1) is 18.2 Å². The molecule has 3 heterocycles. The summed E-state index contributed by atoms with van der Waals surface area (Å²) >= 11 is 0. The summed E-state index contributed by atoms with van der Waals surface area (Å²) in [5, 5.41) is 0. The van der Waals surface area contributed by atoms with Crippen LogP contribution in [0.2, 0.25) is 0 Å². The van der Waals surface area contributed by atoms with E-state index in [1.165, 1.54) is 12.3 Å². The van der Waals surface area contributed by atoms with Crippen molar-refractivity contribution in [3.05, 3.63) is 23.9 Å². The van der Waals surface area contributed by atoms with E-state index in [1.54, 1.807) is 4.90 Å². The summed E-state index contributed by atoms with van der Waals surface area (Å²) in [4.78, 5) is 10.5. The highest BCUT2D eigenvalue weighted by Crippen LogP contribution is 2.36. The van der Waals surface area contributed by atoms with E-state index < -0.39 is 11.7 Å². The van der Waals surface area contributed by atoms with Gasteiger partial charge < -0.3 is 14.5 Å². The van der Waals surface area contributed by atoms with Gasteiger partial charge in [-0.05, 0) is 31.5 Å². The molecule has 0 amide bonds. The van der Waals surface area contributed by atoms with E-state index in [-0.39, 0.29) is 11.9 Å². The molecular weight excluding hydrogens is 381 g/mol. The van der Waals surface area contributed by atoms with Crippen LogP contribution < -0.4 is 4.90 Å². The largest absolute Gasteiger partial charge is 0.419 e. The van der Waals surface area contributed by atoms with Crippen LogP contribution in [-0.2, 0) is 10.9 Å². The van der Waals surface area contributed by atoms with Crippen LogP contribution in [0.5, 0.6) is 0 Å². The number of ether oxygens (including phenoxy) is 1. The molecule has 0 unspecified atom stereocenters. The smallest absolute Gasteiger partial charge is 0.365 e. The first-order valence-electron chi connectivity index (χ1n) is 10.3. The van der Waals surface area contributed by atoms with Crippen LogP contribution in [0.4, 0.5) is 19.0 Å². The highest BCUT2D eigenvalue weighted by Gasteiger charge is 2.36. The topological polar surface area (TPSA) is 31.8 Å². The molecule has 160 valence electrons. The summed E-state index contributed by atoms with van der Waals surface area (Å²) in [5.74, 6) is 6.26. The van der Waals surface area contributed by atoms with E-state index in [4.69, 9.17) is 4.74 Å². The van der Waals surface area contributed by atoms with Crippen molar-refractivity contribution in [3.63, 3.8) is 0 Å². The average molecular weight is 410 g/mol. The third kappa shape index (κ3) is 6.33. The molecule has 3 rings (SSSR count). The number of piperazine rings is 1. The van der Waals surface area contributed by atoms with Crippen molar-refractivity contribution in [1.82, 2.24) is 14.8 Å². The first-order valence-corrected chi connectivity index (χ1v) is 10.3. The zero-order valence-corrected chi connectivity index (χ0v) is 16.9. The number of pyridine rings is 1. The molecule has 0 radical (unpaired) electrons. The summed E-state index contributed by atoms with van der Waals surface area (Å²) in [6.07, 6.45) is -1.60. The first kappa shape index (κ1) is 21.9. The molecule has 5 nitrogen and oxygen atoms in total. The van der Waals surface area contributed by atoms with E-state index in [1.807, 2.05) is 0 Å². The van der Waals surface area contributed by atoms with Crippen molar-refractivity contribution in [1.29, 1.82) is 0 Å². The predicted octanol–water partition coefficient (Wildman–Crippen LogP) is 2.73. The minimum Gasteiger partial charge on any atom is -0.365 e. The van der Waals surface area contributed by atoms with Gasteiger partial charge in [0.2, 0.25) is 0 Å². The van der Waals surface area contributed by atoms with Gasteiger partial charge in [-0.3, -0.25) is 4.90 Å².